The van der Waals surface area contributed by atoms with E-state index in [4.69, 9.17) is 15.2 Å². The van der Waals surface area contributed by atoms with Gasteiger partial charge >= 0.3 is 0 Å². The Morgan fingerprint density at radius 3 is 2.43 bits per heavy atom. The number of benzene rings is 2. The topological polar surface area (TPSA) is 44.5 Å². The van der Waals surface area contributed by atoms with E-state index in [1.807, 2.05) is 24.3 Å². The Morgan fingerprint density at radius 1 is 1.00 bits per heavy atom. The van der Waals surface area contributed by atoms with Crippen LogP contribution in [0.4, 0.5) is 0 Å². The van der Waals surface area contributed by atoms with Crippen LogP contribution in [0.15, 0.2) is 42.5 Å². The minimum absolute atomic E-state index is 0.129. The molecule has 110 valence electrons. The fraction of sp³-hybridized carbons (Fsp3) is 0.333. The zero-order valence-electron chi connectivity index (χ0n) is 12.3. The minimum atomic E-state index is -0.129. The second-order valence-electron chi connectivity index (χ2n) is 5.40. The average Bonchev–Trinajstić information content (AvgIpc) is 3.00. The second-order valence-corrected chi connectivity index (χ2v) is 5.40. The summed E-state index contributed by atoms with van der Waals surface area (Å²) in [5.74, 6) is 1.74. The summed E-state index contributed by atoms with van der Waals surface area (Å²) in [6.07, 6.45) is 3.46. The van der Waals surface area contributed by atoms with Gasteiger partial charge in [-0.3, -0.25) is 0 Å². The number of rotatable bonds is 5. The summed E-state index contributed by atoms with van der Waals surface area (Å²) >= 11 is 0. The first-order valence-electron chi connectivity index (χ1n) is 7.42. The molecule has 0 aromatic heterocycles. The van der Waals surface area contributed by atoms with Gasteiger partial charge in [0.2, 0.25) is 0 Å². The number of fused-ring (bicyclic) bond motifs is 1. The molecule has 0 radical (unpaired) electrons. The molecule has 2 aromatic rings. The standard InChI is InChI=1S/C18H21NO2/c1-20-16-8-6-14(7-9-16)18(12-19)21-17-10-5-13-3-2-4-15(13)11-17/h5-11,18H,2-4,12,19H2,1H3. The fourth-order valence-electron chi connectivity index (χ4n) is 2.86. The molecule has 1 unspecified atom stereocenters. The van der Waals surface area contributed by atoms with Crippen molar-refractivity contribution in [1.29, 1.82) is 0 Å². The highest BCUT2D eigenvalue weighted by Gasteiger charge is 2.15. The molecule has 0 bridgehead atoms. The Balaban J connectivity index is 1.77. The number of methoxy groups -OCH3 is 1. The Kier molecular flexibility index (Phi) is 4.11. The molecule has 2 N–H and O–H groups in total. The minimum Gasteiger partial charge on any atom is -0.497 e. The van der Waals surface area contributed by atoms with Crippen molar-refractivity contribution in [2.45, 2.75) is 25.4 Å². The average molecular weight is 283 g/mol. The smallest absolute Gasteiger partial charge is 0.136 e. The van der Waals surface area contributed by atoms with Crippen molar-refractivity contribution in [2.24, 2.45) is 5.73 Å². The largest absolute Gasteiger partial charge is 0.497 e. The first-order valence-corrected chi connectivity index (χ1v) is 7.42. The van der Waals surface area contributed by atoms with Gasteiger partial charge in [-0.15, -0.1) is 0 Å². The first kappa shape index (κ1) is 14.0. The number of aryl methyl sites for hydroxylation is 2. The number of hydrogen-bond donors (Lipinski definition) is 1. The van der Waals surface area contributed by atoms with E-state index in [2.05, 4.69) is 18.2 Å². The van der Waals surface area contributed by atoms with Crippen LogP contribution in [0.25, 0.3) is 0 Å². The van der Waals surface area contributed by atoms with Crippen LogP contribution in [0.5, 0.6) is 11.5 Å². The Hall–Kier alpha value is -2.00. The molecule has 3 nitrogen and oxygen atoms in total. The SMILES string of the molecule is COc1ccc(C(CN)Oc2ccc3c(c2)CCC3)cc1. The van der Waals surface area contributed by atoms with Gasteiger partial charge in [0, 0.05) is 6.54 Å². The van der Waals surface area contributed by atoms with E-state index in [0.29, 0.717) is 6.54 Å². The van der Waals surface area contributed by atoms with Crippen LogP contribution in [0.3, 0.4) is 0 Å². The lowest BCUT2D eigenvalue weighted by Crippen LogP contribution is -2.18. The number of ether oxygens (including phenoxy) is 2. The molecule has 3 rings (SSSR count). The van der Waals surface area contributed by atoms with Crippen molar-refractivity contribution in [2.75, 3.05) is 13.7 Å². The lowest BCUT2D eigenvalue weighted by atomic mass is 10.1. The van der Waals surface area contributed by atoms with Crippen LogP contribution in [0, 0.1) is 0 Å². The highest BCUT2D eigenvalue weighted by Crippen LogP contribution is 2.29. The predicted octanol–water partition coefficient (Wildman–Crippen LogP) is 3.26. The molecule has 3 heteroatoms. The monoisotopic (exact) mass is 283 g/mol. The number of nitrogens with two attached hydrogens (primary N) is 1. The first-order chi connectivity index (χ1) is 10.3. The molecular formula is C18H21NO2. The van der Waals surface area contributed by atoms with Crippen molar-refractivity contribution in [3.8, 4) is 11.5 Å². The van der Waals surface area contributed by atoms with Gasteiger partial charge in [0.05, 0.1) is 7.11 Å². The zero-order chi connectivity index (χ0) is 14.7. The van der Waals surface area contributed by atoms with Crippen LogP contribution in [0.2, 0.25) is 0 Å². The van der Waals surface area contributed by atoms with E-state index in [1.54, 1.807) is 7.11 Å². The Labute approximate surface area is 125 Å². The summed E-state index contributed by atoms with van der Waals surface area (Å²) in [5, 5.41) is 0. The molecule has 0 amide bonds. The summed E-state index contributed by atoms with van der Waals surface area (Å²) in [6.45, 7) is 0.448. The van der Waals surface area contributed by atoms with Gasteiger partial charge in [0.1, 0.15) is 17.6 Å². The van der Waals surface area contributed by atoms with Gasteiger partial charge in [-0.05, 0) is 60.2 Å². The van der Waals surface area contributed by atoms with Crippen molar-refractivity contribution >= 4 is 0 Å². The maximum atomic E-state index is 6.08. The van der Waals surface area contributed by atoms with Gasteiger partial charge in [-0.1, -0.05) is 18.2 Å². The van der Waals surface area contributed by atoms with Gasteiger partial charge < -0.3 is 15.2 Å². The van der Waals surface area contributed by atoms with Gasteiger partial charge in [0.25, 0.3) is 0 Å². The van der Waals surface area contributed by atoms with Crippen LogP contribution in [-0.2, 0) is 12.8 Å². The second kappa shape index (κ2) is 6.19. The van der Waals surface area contributed by atoms with E-state index in [9.17, 15) is 0 Å². The van der Waals surface area contributed by atoms with Crippen molar-refractivity contribution in [1.82, 2.24) is 0 Å². The highest BCUT2D eigenvalue weighted by atomic mass is 16.5. The summed E-state index contributed by atoms with van der Waals surface area (Å²) in [7, 11) is 1.66. The Morgan fingerprint density at radius 2 is 1.71 bits per heavy atom. The third-order valence-electron chi connectivity index (χ3n) is 4.05. The third-order valence-corrected chi connectivity index (χ3v) is 4.05. The summed E-state index contributed by atoms with van der Waals surface area (Å²) in [6, 6.07) is 14.3. The number of hydrogen-bond acceptors (Lipinski definition) is 3. The molecule has 0 aliphatic heterocycles. The molecule has 21 heavy (non-hydrogen) atoms. The molecule has 0 fully saturated rings. The molecular weight excluding hydrogens is 262 g/mol. The summed E-state index contributed by atoms with van der Waals surface area (Å²) < 4.78 is 11.3. The third kappa shape index (κ3) is 3.03. The molecule has 0 saturated heterocycles. The van der Waals surface area contributed by atoms with Gasteiger partial charge in [0.15, 0.2) is 0 Å². The van der Waals surface area contributed by atoms with E-state index >= 15 is 0 Å². The molecule has 0 saturated carbocycles. The summed E-state index contributed by atoms with van der Waals surface area (Å²) in [5.41, 5.74) is 9.82. The Bertz CT molecular complexity index is 607. The molecule has 1 aliphatic carbocycles. The van der Waals surface area contributed by atoms with E-state index in [1.165, 1.54) is 24.0 Å². The molecule has 0 spiro atoms. The highest BCUT2D eigenvalue weighted by molar-refractivity contribution is 5.39. The summed E-state index contributed by atoms with van der Waals surface area (Å²) in [4.78, 5) is 0. The fourth-order valence-corrected chi connectivity index (χ4v) is 2.86. The van der Waals surface area contributed by atoms with Crippen molar-refractivity contribution < 1.29 is 9.47 Å². The maximum absolute atomic E-state index is 6.08. The van der Waals surface area contributed by atoms with E-state index in [-0.39, 0.29) is 6.10 Å². The predicted molar refractivity (Wildman–Crippen MR) is 83.9 cm³/mol. The van der Waals surface area contributed by atoms with Gasteiger partial charge in [-0.2, -0.15) is 0 Å². The molecule has 2 aromatic carbocycles. The molecule has 0 heterocycles. The lowest BCUT2D eigenvalue weighted by Gasteiger charge is -2.19. The molecule has 1 aliphatic rings. The quantitative estimate of drug-likeness (QED) is 0.916. The molecule has 1 atom stereocenters. The van der Waals surface area contributed by atoms with Crippen LogP contribution >= 0.6 is 0 Å². The van der Waals surface area contributed by atoms with Crippen molar-refractivity contribution in [3.05, 3.63) is 59.2 Å². The van der Waals surface area contributed by atoms with E-state index < -0.39 is 0 Å². The van der Waals surface area contributed by atoms with Crippen LogP contribution < -0.4 is 15.2 Å². The lowest BCUT2D eigenvalue weighted by molar-refractivity contribution is 0.214. The van der Waals surface area contributed by atoms with E-state index in [0.717, 1.165) is 23.5 Å². The van der Waals surface area contributed by atoms with Crippen LogP contribution in [0.1, 0.15) is 29.2 Å². The normalized spacial score (nSPS) is 14.6. The maximum Gasteiger partial charge on any atom is 0.136 e. The van der Waals surface area contributed by atoms with Crippen molar-refractivity contribution in [3.63, 3.8) is 0 Å². The zero-order valence-corrected chi connectivity index (χ0v) is 12.3. The van der Waals surface area contributed by atoms with Crippen LogP contribution in [-0.4, -0.2) is 13.7 Å². The van der Waals surface area contributed by atoms with Gasteiger partial charge in [-0.25, -0.2) is 0 Å².